The monoisotopic (exact) mass is 416 g/mol. The van der Waals surface area contributed by atoms with Gasteiger partial charge < -0.3 is 10.2 Å². The molecule has 1 amide bonds. The lowest BCUT2D eigenvalue weighted by Crippen LogP contribution is -2.30. The molecule has 2 aliphatic heterocycles. The molecule has 0 radical (unpaired) electrons. The van der Waals surface area contributed by atoms with Gasteiger partial charge in [0.25, 0.3) is 0 Å². The SMILES string of the molecule is Cc1ccc([C@@H]2CC(=O)Nc3c2c(C)nn3-c2ccc(N3CCCCC3)nn2)cc1C. The number of piperidine rings is 1. The van der Waals surface area contributed by atoms with Crippen LogP contribution in [0.1, 0.15) is 59.5 Å². The number of nitrogens with one attached hydrogen (secondary N) is 1. The molecule has 0 bridgehead atoms. The number of rotatable bonds is 3. The minimum absolute atomic E-state index is 0.00484. The van der Waals surface area contributed by atoms with Gasteiger partial charge in [-0.1, -0.05) is 18.2 Å². The molecule has 0 unspecified atom stereocenters. The molecular formula is C24H28N6O. The van der Waals surface area contributed by atoms with Crippen molar-refractivity contribution in [2.75, 3.05) is 23.3 Å². The van der Waals surface area contributed by atoms with E-state index in [4.69, 9.17) is 5.10 Å². The Morgan fingerprint density at radius 1 is 0.935 bits per heavy atom. The van der Waals surface area contributed by atoms with Crippen LogP contribution < -0.4 is 10.2 Å². The Kier molecular flexibility index (Phi) is 4.96. The Labute approximate surface area is 182 Å². The average molecular weight is 417 g/mol. The maximum atomic E-state index is 12.6. The number of aromatic nitrogens is 4. The van der Waals surface area contributed by atoms with Gasteiger partial charge in [-0.3, -0.25) is 4.79 Å². The van der Waals surface area contributed by atoms with Gasteiger partial charge in [-0.05, 0) is 68.9 Å². The van der Waals surface area contributed by atoms with Crippen LogP contribution in [-0.4, -0.2) is 39.0 Å². The van der Waals surface area contributed by atoms with Crippen molar-refractivity contribution in [2.45, 2.75) is 52.4 Å². The number of hydrogen-bond acceptors (Lipinski definition) is 5. The number of fused-ring (bicyclic) bond motifs is 1. The number of carbonyl (C=O) groups excluding carboxylic acids is 1. The first-order valence-electron chi connectivity index (χ1n) is 11.1. The summed E-state index contributed by atoms with van der Waals surface area (Å²) in [5.74, 6) is 2.20. The Balaban J connectivity index is 1.52. The molecule has 5 rings (SSSR count). The second kappa shape index (κ2) is 7.80. The lowest BCUT2D eigenvalue weighted by atomic mass is 9.84. The van der Waals surface area contributed by atoms with Crippen LogP contribution in [0.25, 0.3) is 5.82 Å². The molecule has 3 aromatic rings. The summed E-state index contributed by atoms with van der Waals surface area (Å²) in [6, 6.07) is 10.4. The summed E-state index contributed by atoms with van der Waals surface area (Å²) in [4.78, 5) is 14.9. The normalized spacial score (nSPS) is 18.6. The van der Waals surface area contributed by atoms with E-state index in [0.29, 0.717) is 18.1 Å². The van der Waals surface area contributed by atoms with E-state index < -0.39 is 0 Å². The van der Waals surface area contributed by atoms with Crippen molar-refractivity contribution in [3.05, 3.63) is 58.3 Å². The van der Waals surface area contributed by atoms with E-state index in [2.05, 4.69) is 52.5 Å². The Bertz CT molecular complexity index is 1130. The highest BCUT2D eigenvalue weighted by atomic mass is 16.1. The molecule has 1 aromatic carbocycles. The first kappa shape index (κ1) is 19.7. The summed E-state index contributed by atoms with van der Waals surface area (Å²) < 4.78 is 1.72. The summed E-state index contributed by atoms with van der Waals surface area (Å²) in [7, 11) is 0. The minimum Gasteiger partial charge on any atom is -0.355 e. The summed E-state index contributed by atoms with van der Waals surface area (Å²) in [5.41, 5.74) is 5.59. The number of nitrogens with zero attached hydrogens (tertiary/aromatic N) is 5. The third-order valence-corrected chi connectivity index (χ3v) is 6.57. The van der Waals surface area contributed by atoms with Crippen LogP contribution in [0.2, 0.25) is 0 Å². The van der Waals surface area contributed by atoms with Gasteiger partial charge >= 0.3 is 0 Å². The largest absolute Gasteiger partial charge is 0.355 e. The van der Waals surface area contributed by atoms with Gasteiger partial charge in [0.15, 0.2) is 11.6 Å². The number of anilines is 2. The molecule has 1 saturated heterocycles. The van der Waals surface area contributed by atoms with Crippen LogP contribution in [0.15, 0.2) is 30.3 Å². The molecule has 7 heteroatoms. The summed E-state index contributed by atoms with van der Waals surface area (Å²) in [5, 5.41) is 16.7. The van der Waals surface area contributed by atoms with Gasteiger partial charge in [-0.15, -0.1) is 10.2 Å². The second-order valence-corrected chi connectivity index (χ2v) is 8.71. The maximum Gasteiger partial charge on any atom is 0.226 e. The molecule has 0 aliphatic carbocycles. The number of benzene rings is 1. The van der Waals surface area contributed by atoms with E-state index in [-0.39, 0.29) is 11.8 Å². The molecule has 1 atom stereocenters. The second-order valence-electron chi connectivity index (χ2n) is 8.71. The average Bonchev–Trinajstić information content (AvgIpc) is 3.12. The lowest BCUT2D eigenvalue weighted by Gasteiger charge is -2.27. The molecule has 2 aliphatic rings. The van der Waals surface area contributed by atoms with E-state index in [1.165, 1.54) is 30.4 Å². The van der Waals surface area contributed by atoms with E-state index in [1.807, 2.05) is 19.1 Å². The summed E-state index contributed by atoms with van der Waals surface area (Å²) in [6.07, 6.45) is 4.09. The molecule has 1 fully saturated rings. The van der Waals surface area contributed by atoms with Gasteiger partial charge in [-0.2, -0.15) is 9.78 Å². The maximum absolute atomic E-state index is 12.6. The Morgan fingerprint density at radius 2 is 1.68 bits per heavy atom. The van der Waals surface area contributed by atoms with Crippen molar-refractivity contribution in [3.63, 3.8) is 0 Å². The van der Waals surface area contributed by atoms with Crippen molar-refractivity contribution in [1.82, 2.24) is 20.0 Å². The van der Waals surface area contributed by atoms with Gasteiger partial charge in [-0.25, -0.2) is 0 Å². The first-order valence-corrected chi connectivity index (χ1v) is 11.1. The fraction of sp³-hybridized carbons (Fsp3) is 0.417. The molecule has 7 nitrogen and oxygen atoms in total. The quantitative estimate of drug-likeness (QED) is 0.697. The summed E-state index contributed by atoms with van der Waals surface area (Å²) >= 11 is 0. The topological polar surface area (TPSA) is 75.9 Å². The minimum atomic E-state index is -0.0163. The Hall–Kier alpha value is -3.22. The predicted molar refractivity (Wildman–Crippen MR) is 121 cm³/mol. The fourth-order valence-corrected chi connectivity index (χ4v) is 4.70. The van der Waals surface area contributed by atoms with Crippen LogP contribution in [-0.2, 0) is 4.79 Å². The van der Waals surface area contributed by atoms with E-state index in [9.17, 15) is 4.79 Å². The van der Waals surface area contributed by atoms with Crippen LogP contribution in [0.3, 0.4) is 0 Å². The number of hydrogen-bond donors (Lipinski definition) is 1. The van der Waals surface area contributed by atoms with Gasteiger partial charge in [0.2, 0.25) is 5.91 Å². The molecule has 0 saturated carbocycles. The highest BCUT2D eigenvalue weighted by Gasteiger charge is 2.33. The standard InChI is InChI=1S/C24H28N6O/c1-15-7-8-18(13-16(15)2)19-14-22(31)25-24-23(19)17(3)28-30(24)21-10-9-20(26-27-21)29-11-5-4-6-12-29/h7-10,13,19H,4-6,11-12,14H2,1-3H3,(H,25,31)/t19-/m0/s1. The van der Waals surface area contributed by atoms with Crippen molar-refractivity contribution >= 4 is 17.5 Å². The van der Waals surface area contributed by atoms with E-state index in [1.54, 1.807) is 4.68 Å². The van der Waals surface area contributed by atoms with Gasteiger partial charge in [0.1, 0.15) is 5.82 Å². The van der Waals surface area contributed by atoms with Crippen molar-refractivity contribution in [2.24, 2.45) is 0 Å². The van der Waals surface area contributed by atoms with Crippen molar-refractivity contribution < 1.29 is 4.79 Å². The first-order chi connectivity index (χ1) is 15.0. The molecule has 0 spiro atoms. The number of amides is 1. The van der Waals surface area contributed by atoms with E-state index >= 15 is 0 Å². The van der Waals surface area contributed by atoms with E-state index in [0.717, 1.165) is 35.7 Å². The third kappa shape index (κ3) is 3.58. The highest BCUT2D eigenvalue weighted by molar-refractivity contribution is 5.95. The van der Waals surface area contributed by atoms with Crippen molar-refractivity contribution in [3.8, 4) is 5.82 Å². The van der Waals surface area contributed by atoms with Crippen LogP contribution in [0.5, 0.6) is 0 Å². The predicted octanol–water partition coefficient (Wildman–Crippen LogP) is 4.05. The van der Waals surface area contributed by atoms with Crippen molar-refractivity contribution in [1.29, 1.82) is 0 Å². The summed E-state index contributed by atoms with van der Waals surface area (Å²) in [6.45, 7) is 8.26. The smallest absolute Gasteiger partial charge is 0.226 e. The van der Waals surface area contributed by atoms with Gasteiger partial charge in [0, 0.05) is 31.0 Å². The zero-order valence-corrected chi connectivity index (χ0v) is 18.4. The fourth-order valence-electron chi connectivity index (χ4n) is 4.70. The molecule has 4 heterocycles. The zero-order valence-electron chi connectivity index (χ0n) is 18.4. The number of aryl methyl sites for hydroxylation is 3. The molecule has 1 N–H and O–H groups in total. The molecular weight excluding hydrogens is 388 g/mol. The molecule has 2 aromatic heterocycles. The van der Waals surface area contributed by atoms with Crippen LogP contribution in [0, 0.1) is 20.8 Å². The zero-order chi connectivity index (χ0) is 21.5. The Morgan fingerprint density at radius 3 is 2.39 bits per heavy atom. The molecule has 31 heavy (non-hydrogen) atoms. The van der Waals surface area contributed by atoms with Crippen LogP contribution in [0.4, 0.5) is 11.6 Å². The highest BCUT2D eigenvalue weighted by Crippen LogP contribution is 2.40. The molecule has 160 valence electrons. The number of carbonyl (C=O) groups is 1. The van der Waals surface area contributed by atoms with Crippen LogP contribution >= 0.6 is 0 Å². The van der Waals surface area contributed by atoms with Gasteiger partial charge in [0.05, 0.1) is 5.69 Å². The third-order valence-electron chi connectivity index (χ3n) is 6.57. The lowest BCUT2D eigenvalue weighted by molar-refractivity contribution is -0.116.